The molecule has 0 aliphatic carbocycles. The first kappa shape index (κ1) is 10.7. The molecule has 0 fully saturated rings. The van der Waals surface area contributed by atoms with E-state index in [0.717, 1.165) is 18.5 Å². The Morgan fingerprint density at radius 1 is 1.43 bits per heavy atom. The van der Waals surface area contributed by atoms with Crippen LogP contribution in [0.1, 0.15) is 17.5 Å². The van der Waals surface area contributed by atoms with Crippen LogP contribution in [-0.4, -0.2) is 13.6 Å². The zero-order chi connectivity index (χ0) is 10.4. The number of nitrogens with one attached hydrogen (secondary N) is 1. The summed E-state index contributed by atoms with van der Waals surface area (Å²) in [5.74, 6) is 5.55. The van der Waals surface area contributed by atoms with Crippen LogP contribution in [0.25, 0.3) is 0 Å². The SMILES string of the molecule is CNCCC#Cc1c(C)cccc1F. The van der Waals surface area contributed by atoms with Crippen molar-refractivity contribution in [2.75, 3.05) is 13.6 Å². The number of hydrogen-bond donors (Lipinski definition) is 1. The van der Waals surface area contributed by atoms with Crippen LogP contribution >= 0.6 is 0 Å². The highest BCUT2D eigenvalue weighted by Gasteiger charge is 2.00. The van der Waals surface area contributed by atoms with Gasteiger partial charge in [-0.15, -0.1) is 0 Å². The van der Waals surface area contributed by atoms with E-state index in [1.165, 1.54) is 6.07 Å². The maximum Gasteiger partial charge on any atom is 0.139 e. The fraction of sp³-hybridized carbons (Fsp3) is 0.333. The average molecular weight is 191 g/mol. The van der Waals surface area contributed by atoms with Crippen molar-refractivity contribution >= 4 is 0 Å². The Labute approximate surface area is 84.3 Å². The molecule has 0 saturated carbocycles. The second-order valence-corrected chi connectivity index (χ2v) is 3.09. The lowest BCUT2D eigenvalue weighted by atomic mass is 10.1. The molecule has 1 rings (SSSR count). The van der Waals surface area contributed by atoms with Crippen LogP contribution in [0.5, 0.6) is 0 Å². The van der Waals surface area contributed by atoms with Gasteiger partial charge in [0.2, 0.25) is 0 Å². The van der Waals surface area contributed by atoms with Crippen molar-refractivity contribution < 1.29 is 4.39 Å². The number of aryl methyl sites for hydroxylation is 1. The summed E-state index contributed by atoms with van der Waals surface area (Å²) in [5, 5.41) is 2.99. The van der Waals surface area contributed by atoms with Crippen LogP contribution in [0.2, 0.25) is 0 Å². The molecule has 0 aromatic heterocycles. The highest BCUT2D eigenvalue weighted by Crippen LogP contribution is 2.10. The van der Waals surface area contributed by atoms with Gasteiger partial charge < -0.3 is 5.32 Å². The standard InChI is InChI=1S/C12H14FN/c1-10-6-5-8-12(13)11(10)7-3-4-9-14-2/h5-6,8,14H,4,9H2,1-2H3. The molecule has 0 atom stereocenters. The first-order chi connectivity index (χ1) is 6.75. The third kappa shape index (κ3) is 2.86. The Hall–Kier alpha value is -1.33. The average Bonchev–Trinajstić information content (AvgIpc) is 2.16. The fourth-order valence-electron chi connectivity index (χ4n) is 1.13. The zero-order valence-corrected chi connectivity index (χ0v) is 8.52. The van der Waals surface area contributed by atoms with Crippen molar-refractivity contribution in [1.82, 2.24) is 5.32 Å². The normalized spacial score (nSPS) is 9.36. The summed E-state index contributed by atoms with van der Waals surface area (Å²) in [7, 11) is 1.87. The van der Waals surface area contributed by atoms with Gasteiger partial charge in [-0.2, -0.15) is 0 Å². The van der Waals surface area contributed by atoms with Gasteiger partial charge in [-0.05, 0) is 25.6 Å². The Morgan fingerprint density at radius 3 is 2.86 bits per heavy atom. The predicted molar refractivity (Wildman–Crippen MR) is 56.6 cm³/mol. The Balaban J connectivity index is 2.78. The second kappa shape index (κ2) is 5.41. The topological polar surface area (TPSA) is 12.0 Å². The van der Waals surface area contributed by atoms with Crippen molar-refractivity contribution in [3.05, 3.63) is 35.1 Å². The molecule has 1 nitrogen and oxygen atoms in total. The molecule has 0 unspecified atom stereocenters. The van der Waals surface area contributed by atoms with Crippen LogP contribution in [-0.2, 0) is 0 Å². The zero-order valence-electron chi connectivity index (χ0n) is 8.52. The lowest BCUT2D eigenvalue weighted by Crippen LogP contribution is -2.05. The molecule has 1 N–H and O–H groups in total. The smallest absolute Gasteiger partial charge is 0.139 e. The Bertz CT molecular complexity index is 340. The molecule has 0 amide bonds. The van der Waals surface area contributed by atoms with E-state index >= 15 is 0 Å². The monoisotopic (exact) mass is 191 g/mol. The Morgan fingerprint density at radius 2 is 2.21 bits per heavy atom. The molecule has 1 aromatic carbocycles. The lowest BCUT2D eigenvalue weighted by molar-refractivity contribution is 0.623. The quantitative estimate of drug-likeness (QED) is 0.557. The molecule has 1 aromatic rings. The number of halogens is 1. The molecule has 74 valence electrons. The van der Waals surface area contributed by atoms with Gasteiger partial charge in [0.05, 0.1) is 5.56 Å². The first-order valence-electron chi connectivity index (χ1n) is 4.64. The van der Waals surface area contributed by atoms with Gasteiger partial charge in [-0.3, -0.25) is 0 Å². The fourth-order valence-corrected chi connectivity index (χ4v) is 1.13. The molecule has 0 heterocycles. The third-order valence-electron chi connectivity index (χ3n) is 1.94. The van der Waals surface area contributed by atoms with Crippen LogP contribution in [0.15, 0.2) is 18.2 Å². The van der Waals surface area contributed by atoms with Crippen LogP contribution in [0, 0.1) is 24.6 Å². The molecule has 0 radical (unpaired) electrons. The van der Waals surface area contributed by atoms with Crippen LogP contribution < -0.4 is 5.32 Å². The lowest BCUT2D eigenvalue weighted by Gasteiger charge is -1.98. The summed E-state index contributed by atoms with van der Waals surface area (Å²) in [6.07, 6.45) is 0.740. The van der Waals surface area contributed by atoms with Crippen LogP contribution in [0.3, 0.4) is 0 Å². The van der Waals surface area contributed by atoms with Gasteiger partial charge in [-0.25, -0.2) is 4.39 Å². The molecular weight excluding hydrogens is 177 g/mol. The summed E-state index contributed by atoms with van der Waals surface area (Å²) >= 11 is 0. The number of rotatable bonds is 2. The van der Waals surface area contributed by atoms with Crippen LogP contribution in [0.4, 0.5) is 4.39 Å². The van der Waals surface area contributed by atoms with E-state index in [1.807, 2.05) is 20.0 Å². The van der Waals surface area contributed by atoms with E-state index in [0.29, 0.717) is 5.56 Å². The van der Waals surface area contributed by atoms with E-state index in [9.17, 15) is 4.39 Å². The summed E-state index contributed by atoms with van der Waals surface area (Å²) in [4.78, 5) is 0. The van der Waals surface area contributed by atoms with Gasteiger partial charge in [0.15, 0.2) is 0 Å². The molecule has 0 aliphatic heterocycles. The minimum atomic E-state index is -0.234. The summed E-state index contributed by atoms with van der Waals surface area (Å²) in [6, 6.07) is 5.00. The van der Waals surface area contributed by atoms with Crippen molar-refractivity contribution in [1.29, 1.82) is 0 Å². The van der Waals surface area contributed by atoms with E-state index < -0.39 is 0 Å². The minimum absolute atomic E-state index is 0.234. The number of hydrogen-bond acceptors (Lipinski definition) is 1. The first-order valence-corrected chi connectivity index (χ1v) is 4.64. The highest BCUT2D eigenvalue weighted by molar-refractivity contribution is 5.41. The van der Waals surface area contributed by atoms with E-state index in [-0.39, 0.29) is 5.82 Å². The van der Waals surface area contributed by atoms with E-state index in [4.69, 9.17) is 0 Å². The summed E-state index contributed by atoms with van der Waals surface area (Å²) in [5.41, 5.74) is 1.41. The van der Waals surface area contributed by atoms with E-state index in [1.54, 1.807) is 6.07 Å². The van der Waals surface area contributed by atoms with E-state index in [2.05, 4.69) is 17.2 Å². The van der Waals surface area contributed by atoms with Gasteiger partial charge >= 0.3 is 0 Å². The number of benzene rings is 1. The van der Waals surface area contributed by atoms with Crippen molar-refractivity contribution in [3.63, 3.8) is 0 Å². The second-order valence-electron chi connectivity index (χ2n) is 3.09. The molecular formula is C12H14FN. The maximum absolute atomic E-state index is 13.2. The maximum atomic E-state index is 13.2. The molecule has 14 heavy (non-hydrogen) atoms. The molecule has 0 aliphatic rings. The molecule has 2 heteroatoms. The summed E-state index contributed by atoms with van der Waals surface area (Å²) in [6.45, 7) is 2.70. The predicted octanol–water partition coefficient (Wildman–Crippen LogP) is 2.10. The van der Waals surface area contributed by atoms with Crippen molar-refractivity contribution in [2.45, 2.75) is 13.3 Å². The third-order valence-corrected chi connectivity index (χ3v) is 1.94. The molecule has 0 saturated heterocycles. The van der Waals surface area contributed by atoms with Gasteiger partial charge in [0.25, 0.3) is 0 Å². The van der Waals surface area contributed by atoms with Gasteiger partial charge in [0.1, 0.15) is 5.82 Å². The molecule has 0 spiro atoms. The Kier molecular flexibility index (Phi) is 4.15. The summed E-state index contributed by atoms with van der Waals surface area (Å²) < 4.78 is 13.2. The van der Waals surface area contributed by atoms with Crippen molar-refractivity contribution in [2.24, 2.45) is 0 Å². The van der Waals surface area contributed by atoms with Gasteiger partial charge in [0, 0.05) is 13.0 Å². The molecule has 0 bridgehead atoms. The highest BCUT2D eigenvalue weighted by atomic mass is 19.1. The van der Waals surface area contributed by atoms with Crippen molar-refractivity contribution in [3.8, 4) is 11.8 Å². The minimum Gasteiger partial charge on any atom is -0.319 e. The van der Waals surface area contributed by atoms with Gasteiger partial charge in [-0.1, -0.05) is 24.0 Å². The largest absolute Gasteiger partial charge is 0.319 e.